The Morgan fingerprint density at radius 1 is 0.377 bits per heavy atom. The molecule has 0 fully saturated rings. The van der Waals surface area contributed by atoms with Crippen molar-refractivity contribution in [2.24, 2.45) is 0 Å². The molecule has 0 N–H and O–H groups in total. The second-order valence-electron chi connectivity index (χ2n) is 14.2. The number of fused-ring (bicyclic) bond motifs is 9. The summed E-state index contributed by atoms with van der Waals surface area (Å²) in [5.41, 5.74) is 14.8. The quantitative estimate of drug-likeness (QED) is 0.181. The lowest BCUT2D eigenvalue weighted by Crippen LogP contribution is -2.23. The Kier molecular flexibility index (Phi) is 6.38. The van der Waals surface area contributed by atoms with E-state index in [1.54, 1.807) is 0 Å². The number of rotatable bonds is 5. The molecule has 2 heterocycles. The molecule has 2 aromatic heterocycles. The van der Waals surface area contributed by atoms with Gasteiger partial charge < -0.3 is 13.7 Å². The third-order valence-corrected chi connectivity index (χ3v) is 11.3. The monoisotopic (exact) mass is 679 g/mol. The molecule has 3 heteroatoms. The molecule has 1 aliphatic carbocycles. The van der Waals surface area contributed by atoms with E-state index in [1.165, 1.54) is 33.4 Å². The largest absolute Gasteiger partial charge is 0.456 e. The van der Waals surface area contributed by atoms with E-state index in [1.807, 2.05) is 12.1 Å². The molecule has 0 saturated heterocycles. The number of hydrogen-bond acceptors (Lipinski definition) is 3. The van der Waals surface area contributed by atoms with Crippen LogP contribution in [0.2, 0.25) is 0 Å². The summed E-state index contributed by atoms with van der Waals surface area (Å²) in [6, 6.07) is 65.0. The van der Waals surface area contributed by atoms with Gasteiger partial charge in [-0.1, -0.05) is 127 Å². The lowest BCUT2D eigenvalue weighted by Gasteiger charge is -2.31. The van der Waals surface area contributed by atoms with Gasteiger partial charge in [0.1, 0.15) is 22.3 Å². The molecule has 1 aliphatic rings. The summed E-state index contributed by atoms with van der Waals surface area (Å²) in [6.45, 7) is 2.36. The van der Waals surface area contributed by atoms with Gasteiger partial charge >= 0.3 is 0 Å². The number of furan rings is 2. The molecule has 0 atom stereocenters. The van der Waals surface area contributed by atoms with E-state index in [2.05, 4.69) is 182 Å². The summed E-state index contributed by atoms with van der Waals surface area (Å²) < 4.78 is 13.3. The molecule has 10 aromatic rings. The van der Waals surface area contributed by atoms with E-state index >= 15 is 0 Å². The van der Waals surface area contributed by atoms with Crippen molar-refractivity contribution in [3.63, 3.8) is 0 Å². The van der Waals surface area contributed by atoms with E-state index in [-0.39, 0.29) is 0 Å². The molecule has 11 rings (SSSR count). The van der Waals surface area contributed by atoms with Gasteiger partial charge in [-0.15, -0.1) is 0 Å². The van der Waals surface area contributed by atoms with Crippen LogP contribution >= 0.6 is 0 Å². The van der Waals surface area contributed by atoms with Crippen molar-refractivity contribution in [1.82, 2.24) is 0 Å². The van der Waals surface area contributed by atoms with Crippen LogP contribution in [0.3, 0.4) is 0 Å². The lowest BCUT2D eigenvalue weighted by molar-refractivity contribution is 0.638. The number of anilines is 3. The minimum atomic E-state index is -0.471. The zero-order valence-corrected chi connectivity index (χ0v) is 29.1. The van der Waals surface area contributed by atoms with E-state index < -0.39 is 5.41 Å². The van der Waals surface area contributed by atoms with E-state index in [9.17, 15) is 0 Å². The highest BCUT2D eigenvalue weighted by Crippen LogP contribution is 2.55. The van der Waals surface area contributed by atoms with Crippen LogP contribution in [0.25, 0.3) is 66.1 Å². The smallest absolute Gasteiger partial charge is 0.140 e. The van der Waals surface area contributed by atoms with Crippen LogP contribution in [-0.2, 0) is 5.41 Å². The van der Waals surface area contributed by atoms with Crippen molar-refractivity contribution in [2.75, 3.05) is 4.90 Å². The van der Waals surface area contributed by atoms with Gasteiger partial charge in [-0.05, 0) is 88.8 Å². The third-order valence-electron chi connectivity index (χ3n) is 11.3. The minimum Gasteiger partial charge on any atom is -0.456 e. The Labute approximate surface area is 307 Å². The third kappa shape index (κ3) is 4.41. The second-order valence-corrected chi connectivity index (χ2v) is 14.2. The molecule has 250 valence electrons. The van der Waals surface area contributed by atoms with Gasteiger partial charge in [0.2, 0.25) is 0 Å². The Balaban J connectivity index is 1.20. The predicted octanol–water partition coefficient (Wildman–Crippen LogP) is 14.0. The van der Waals surface area contributed by atoms with Crippen molar-refractivity contribution in [3.8, 4) is 22.3 Å². The average Bonchev–Trinajstić information content (AvgIpc) is 3.87. The topological polar surface area (TPSA) is 29.5 Å². The molecule has 53 heavy (non-hydrogen) atoms. The van der Waals surface area contributed by atoms with E-state index in [4.69, 9.17) is 8.83 Å². The fourth-order valence-corrected chi connectivity index (χ4v) is 8.79. The summed E-state index contributed by atoms with van der Waals surface area (Å²) in [4.78, 5) is 2.36. The Bertz CT molecular complexity index is 2980. The summed E-state index contributed by atoms with van der Waals surface area (Å²) >= 11 is 0. The van der Waals surface area contributed by atoms with Gasteiger partial charge in [-0.3, -0.25) is 0 Å². The summed E-state index contributed by atoms with van der Waals surface area (Å²) in [7, 11) is 0. The van der Waals surface area contributed by atoms with Crippen molar-refractivity contribution >= 4 is 60.9 Å². The first-order valence-electron chi connectivity index (χ1n) is 18.2. The second kappa shape index (κ2) is 11.3. The van der Waals surface area contributed by atoms with Gasteiger partial charge in [0.05, 0.1) is 0 Å². The zero-order chi connectivity index (χ0) is 35.1. The highest BCUT2D eigenvalue weighted by atomic mass is 16.3. The summed E-state index contributed by atoms with van der Waals surface area (Å²) in [6.07, 6.45) is 0. The van der Waals surface area contributed by atoms with Crippen molar-refractivity contribution < 1.29 is 8.83 Å². The van der Waals surface area contributed by atoms with Gasteiger partial charge in [0.15, 0.2) is 0 Å². The van der Waals surface area contributed by atoms with Crippen LogP contribution in [0.1, 0.15) is 23.6 Å². The highest BCUT2D eigenvalue weighted by Gasteiger charge is 2.43. The van der Waals surface area contributed by atoms with Crippen molar-refractivity contribution in [1.29, 1.82) is 0 Å². The molecule has 0 saturated carbocycles. The molecule has 0 amide bonds. The molecule has 0 unspecified atom stereocenters. The van der Waals surface area contributed by atoms with E-state index in [0.29, 0.717) is 0 Å². The van der Waals surface area contributed by atoms with Crippen LogP contribution in [0.5, 0.6) is 0 Å². The first kappa shape index (κ1) is 29.8. The van der Waals surface area contributed by atoms with Crippen molar-refractivity contribution in [2.45, 2.75) is 12.3 Å². The SMILES string of the molecule is CC1(c2cc(N(c3ccc(-c4ccccc4)cc3)c3ccc4c(c3)oc3ccccc34)cc3c2oc2ccccc23)c2ccccc2-c2ccccc21. The standard InChI is InChI=1S/C50H33NO2/c1-50(43-19-9-5-15-37(43)38-16-6-10-20-44(38)50)45-30-36(29-42-40-18-8-12-22-47(40)53-49(42)45)51(34-25-23-33(24-26-34)32-13-3-2-4-14-32)35-27-28-41-39-17-7-11-21-46(39)52-48(41)31-35/h2-31H,1H3. The number of hydrogen-bond donors (Lipinski definition) is 0. The highest BCUT2D eigenvalue weighted by molar-refractivity contribution is 6.10. The van der Waals surface area contributed by atoms with E-state index in [0.717, 1.165) is 66.5 Å². The van der Waals surface area contributed by atoms with Gasteiger partial charge in [0, 0.05) is 55.7 Å². The van der Waals surface area contributed by atoms with Crippen LogP contribution in [-0.4, -0.2) is 0 Å². The zero-order valence-electron chi connectivity index (χ0n) is 29.1. The number of para-hydroxylation sites is 2. The maximum Gasteiger partial charge on any atom is 0.140 e. The molecule has 0 radical (unpaired) electrons. The van der Waals surface area contributed by atoms with Crippen LogP contribution in [0.15, 0.2) is 191 Å². The van der Waals surface area contributed by atoms with Crippen LogP contribution in [0.4, 0.5) is 17.1 Å². The Hall–Kier alpha value is -6.84. The number of benzene rings is 8. The maximum absolute atomic E-state index is 6.86. The molecule has 0 bridgehead atoms. The molecule has 3 nitrogen and oxygen atoms in total. The normalized spacial score (nSPS) is 13.2. The van der Waals surface area contributed by atoms with Crippen LogP contribution < -0.4 is 4.90 Å². The maximum atomic E-state index is 6.86. The molecular weight excluding hydrogens is 647 g/mol. The van der Waals surface area contributed by atoms with Gasteiger partial charge in [-0.25, -0.2) is 0 Å². The first-order chi connectivity index (χ1) is 26.1. The number of nitrogens with zero attached hydrogens (tertiary/aromatic N) is 1. The fraction of sp³-hybridized carbons (Fsp3) is 0.0400. The summed E-state index contributed by atoms with van der Waals surface area (Å²) in [5, 5.41) is 4.41. The minimum absolute atomic E-state index is 0.471. The van der Waals surface area contributed by atoms with Gasteiger partial charge in [0.25, 0.3) is 0 Å². The Morgan fingerprint density at radius 2 is 0.925 bits per heavy atom. The molecule has 0 aliphatic heterocycles. The molecular formula is C50H33NO2. The predicted molar refractivity (Wildman–Crippen MR) is 219 cm³/mol. The van der Waals surface area contributed by atoms with Crippen molar-refractivity contribution in [3.05, 3.63) is 199 Å². The fourth-order valence-electron chi connectivity index (χ4n) is 8.79. The first-order valence-corrected chi connectivity index (χ1v) is 18.2. The summed E-state index contributed by atoms with van der Waals surface area (Å²) in [5.74, 6) is 0. The molecule has 8 aromatic carbocycles. The molecule has 0 spiro atoms. The lowest BCUT2D eigenvalue weighted by atomic mass is 9.73. The van der Waals surface area contributed by atoms with Crippen LogP contribution in [0, 0.1) is 0 Å². The Morgan fingerprint density at radius 3 is 1.64 bits per heavy atom. The average molecular weight is 680 g/mol. The van der Waals surface area contributed by atoms with Gasteiger partial charge in [-0.2, -0.15) is 0 Å².